The molecule has 0 N–H and O–H groups in total. The van der Waals surface area contributed by atoms with Crippen molar-refractivity contribution in [1.82, 2.24) is 4.90 Å². The SMILES string of the molecule is Cc1cccc(-c2c(F)cccc2C(OCCOS(C)(=O)=O)[C@@H]2CCCN(C(=O)OC(C)(C)C)C2)c1. The summed E-state index contributed by atoms with van der Waals surface area (Å²) in [6.45, 7) is 8.17. The van der Waals surface area contributed by atoms with Crippen molar-refractivity contribution in [2.45, 2.75) is 52.2 Å². The zero-order valence-electron chi connectivity index (χ0n) is 21.6. The van der Waals surface area contributed by atoms with Crippen LogP contribution in [0.3, 0.4) is 0 Å². The van der Waals surface area contributed by atoms with Crippen molar-refractivity contribution >= 4 is 16.2 Å². The number of benzene rings is 2. The Bertz CT molecular complexity index is 1160. The number of nitrogens with zero attached hydrogens (tertiary/aromatic N) is 1. The second-order valence-corrected chi connectivity index (χ2v) is 11.9. The lowest BCUT2D eigenvalue weighted by Gasteiger charge is -2.38. The van der Waals surface area contributed by atoms with E-state index in [1.807, 2.05) is 58.0 Å². The third kappa shape index (κ3) is 8.01. The van der Waals surface area contributed by atoms with Gasteiger partial charge in [-0.15, -0.1) is 0 Å². The molecule has 2 aromatic rings. The third-order valence-corrected chi connectivity index (χ3v) is 6.47. The molecule has 0 aromatic heterocycles. The lowest BCUT2D eigenvalue weighted by Crippen LogP contribution is -2.44. The van der Waals surface area contributed by atoms with Crippen molar-refractivity contribution in [3.05, 3.63) is 59.4 Å². The van der Waals surface area contributed by atoms with E-state index in [0.29, 0.717) is 24.2 Å². The number of carbonyl (C=O) groups excluding carboxylic acids is 1. The summed E-state index contributed by atoms with van der Waals surface area (Å²) < 4.78 is 54.7. The molecule has 1 fully saturated rings. The smallest absolute Gasteiger partial charge is 0.410 e. The number of carbonyl (C=O) groups is 1. The van der Waals surface area contributed by atoms with Crippen LogP contribution in [0.25, 0.3) is 11.1 Å². The number of aryl methyl sites for hydroxylation is 1. The van der Waals surface area contributed by atoms with Crippen molar-refractivity contribution in [2.24, 2.45) is 5.92 Å². The number of hydrogen-bond donors (Lipinski definition) is 0. The normalized spacial score (nSPS) is 17.6. The highest BCUT2D eigenvalue weighted by Crippen LogP contribution is 2.39. The van der Waals surface area contributed by atoms with Gasteiger partial charge in [-0.05, 0) is 57.7 Å². The summed E-state index contributed by atoms with van der Waals surface area (Å²) in [5.41, 5.74) is 2.18. The number of halogens is 1. The van der Waals surface area contributed by atoms with Crippen LogP contribution in [0, 0.1) is 18.7 Å². The molecule has 3 rings (SSSR count). The van der Waals surface area contributed by atoms with Crippen LogP contribution >= 0.6 is 0 Å². The summed E-state index contributed by atoms with van der Waals surface area (Å²) in [5, 5.41) is 0. The summed E-state index contributed by atoms with van der Waals surface area (Å²) in [5.74, 6) is -0.534. The van der Waals surface area contributed by atoms with Crippen molar-refractivity contribution in [1.29, 1.82) is 0 Å². The molecule has 9 heteroatoms. The molecule has 1 aliphatic rings. The Labute approximate surface area is 213 Å². The van der Waals surface area contributed by atoms with E-state index in [9.17, 15) is 13.2 Å². The number of amides is 1. The van der Waals surface area contributed by atoms with Crippen molar-refractivity contribution in [3.8, 4) is 11.1 Å². The summed E-state index contributed by atoms with van der Waals surface area (Å²) in [6, 6.07) is 12.5. The second-order valence-electron chi connectivity index (χ2n) is 10.2. The zero-order valence-corrected chi connectivity index (χ0v) is 22.4. The lowest BCUT2D eigenvalue weighted by atomic mass is 9.84. The van der Waals surface area contributed by atoms with E-state index in [0.717, 1.165) is 30.2 Å². The largest absolute Gasteiger partial charge is 0.444 e. The predicted octanol–water partition coefficient (Wildman–Crippen LogP) is 5.48. The molecule has 0 aliphatic carbocycles. The third-order valence-electron chi connectivity index (χ3n) is 5.87. The molecule has 0 saturated carbocycles. The Balaban J connectivity index is 1.95. The van der Waals surface area contributed by atoms with Crippen molar-refractivity contribution in [3.63, 3.8) is 0 Å². The van der Waals surface area contributed by atoms with Gasteiger partial charge in [-0.3, -0.25) is 4.18 Å². The van der Waals surface area contributed by atoms with Gasteiger partial charge in [0.2, 0.25) is 0 Å². The van der Waals surface area contributed by atoms with Crippen molar-refractivity contribution in [2.75, 3.05) is 32.6 Å². The van der Waals surface area contributed by atoms with Gasteiger partial charge < -0.3 is 14.4 Å². The molecule has 0 spiro atoms. The number of hydrogen-bond acceptors (Lipinski definition) is 6. The first kappa shape index (κ1) is 28.1. The maximum absolute atomic E-state index is 15.3. The average Bonchev–Trinajstić information content (AvgIpc) is 2.77. The van der Waals surface area contributed by atoms with Crippen LogP contribution < -0.4 is 0 Å². The van der Waals surface area contributed by atoms with E-state index in [1.165, 1.54) is 6.07 Å². The molecule has 1 saturated heterocycles. The van der Waals surface area contributed by atoms with E-state index in [4.69, 9.17) is 13.7 Å². The van der Waals surface area contributed by atoms with E-state index in [1.54, 1.807) is 11.0 Å². The molecule has 198 valence electrons. The highest BCUT2D eigenvalue weighted by atomic mass is 32.2. The Kier molecular flexibility index (Phi) is 9.13. The summed E-state index contributed by atoms with van der Waals surface area (Å²) in [6.07, 6.45) is 1.47. The van der Waals surface area contributed by atoms with Crippen molar-refractivity contribution < 1.29 is 31.3 Å². The standard InChI is InChI=1S/C27H36FNO6S/c1-19-9-6-10-20(17-19)24-22(12-7-13-23(24)28)25(33-15-16-34-36(5,31)32)21-11-8-14-29(18-21)26(30)35-27(2,3)4/h6-7,9-10,12-13,17,21,25H,8,11,14-16,18H2,1-5H3/t21-,25?/m1/s1. The maximum atomic E-state index is 15.3. The second kappa shape index (κ2) is 11.7. The van der Waals surface area contributed by atoms with Gasteiger partial charge in [0.1, 0.15) is 11.4 Å². The van der Waals surface area contributed by atoms with Crippen LogP contribution in [-0.2, 0) is 23.8 Å². The van der Waals surface area contributed by atoms with Gasteiger partial charge in [0.05, 0.1) is 25.6 Å². The summed E-state index contributed by atoms with van der Waals surface area (Å²) >= 11 is 0. The van der Waals surface area contributed by atoms with Gasteiger partial charge in [-0.2, -0.15) is 8.42 Å². The molecular formula is C27H36FNO6S. The van der Waals surface area contributed by atoms with Crippen LogP contribution in [0.5, 0.6) is 0 Å². The molecule has 1 heterocycles. The fraction of sp³-hybridized carbons (Fsp3) is 0.519. The number of rotatable bonds is 8. The van der Waals surface area contributed by atoms with Gasteiger partial charge in [0.15, 0.2) is 0 Å². The van der Waals surface area contributed by atoms with Gasteiger partial charge >= 0.3 is 6.09 Å². The number of ether oxygens (including phenoxy) is 2. The zero-order chi connectivity index (χ0) is 26.5. The van der Waals surface area contributed by atoms with Crippen LogP contribution in [0.1, 0.15) is 50.8 Å². The van der Waals surface area contributed by atoms with Gasteiger partial charge in [0, 0.05) is 24.6 Å². The Morgan fingerprint density at radius 2 is 1.89 bits per heavy atom. The number of likely N-dealkylation sites (tertiary alicyclic amines) is 1. The molecule has 2 aromatic carbocycles. The molecule has 1 amide bonds. The van der Waals surface area contributed by atoms with E-state index < -0.39 is 27.9 Å². The Morgan fingerprint density at radius 3 is 2.56 bits per heavy atom. The average molecular weight is 522 g/mol. The topological polar surface area (TPSA) is 82.1 Å². The first-order chi connectivity index (χ1) is 16.8. The molecule has 7 nitrogen and oxygen atoms in total. The highest BCUT2D eigenvalue weighted by molar-refractivity contribution is 7.85. The minimum Gasteiger partial charge on any atom is -0.444 e. The van der Waals surface area contributed by atoms with Crippen LogP contribution in [-0.4, -0.2) is 57.6 Å². The number of piperidine rings is 1. The van der Waals surface area contributed by atoms with Gasteiger partial charge in [0.25, 0.3) is 10.1 Å². The maximum Gasteiger partial charge on any atom is 0.410 e. The molecule has 0 bridgehead atoms. The monoisotopic (exact) mass is 521 g/mol. The molecule has 36 heavy (non-hydrogen) atoms. The molecule has 1 aliphatic heterocycles. The minimum absolute atomic E-state index is 0.00948. The lowest BCUT2D eigenvalue weighted by molar-refractivity contribution is -0.0321. The highest BCUT2D eigenvalue weighted by Gasteiger charge is 2.34. The van der Waals surface area contributed by atoms with E-state index in [-0.39, 0.29) is 24.9 Å². The van der Waals surface area contributed by atoms with E-state index in [2.05, 4.69) is 0 Å². The first-order valence-electron chi connectivity index (χ1n) is 12.1. The molecule has 0 radical (unpaired) electrons. The first-order valence-corrected chi connectivity index (χ1v) is 13.9. The Morgan fingerprint density at radius 1 is 1.17 bits per heavy atom. The summed E-state index contributed by atoms with van der Waals surface area (Å²) in [7, 11) is -3.62. The van der Waals surface area contributed by atoms with E-state index >= 15 is 4.39 Å². The van der Waals surface area contributed by atoms with Crippen LogP contribution in [0.2, 0.25) is 0 Å². The quantitative estimate of drug-likeness (QED) is 0.338. The fourth-order valence-corrected chi connectivity index (χ4v) is 4.84. The molecular weight excluding hydrogens is 485 g/mol. The summed E-state index contributed by atoms with van der Waals surface area (Å²) in [4.78, 5) is 14.4. The Hall–Kier alpha value is -2.49. The minimum atomic E-state index is -3.62. The molecule has 1 unspecified atom stereocenters. The van der Waals surface area contributed by atoms with Gasteiger partial charge in [-0.25, -0.2) is 9.18 Å². The van der Waals surface area contributed by atoms with Crippen LogP contribution in [0.15, 0.2) is 42.5 Å². The van der Waals surface area contributed by atoms with Crippen LogP contribution in [0.4, 0.5) is 9.18 Å². The van der Waals surface area contributed by atoms with Gasteiger partial charge in [-0.1, -0.05) is 42.0 Å². The molecule has 2 atom stereocenters. The predicted molar refractivity (Wildman–Crippen MR) is 137 cm³/mol. The fourth-order valence-electron chi connectivity index (χ4n) is 4.47.